The molecule has 39 heavy (non-hydrogen) atoms. The Morgan fingerprint density at radius 2 is 1.92 bits per heavy atom. The second-order valence-electron chi connectivity index (χ2n) is 9.05. The third-order valence-corrected chi connectivity index (χ3v) is 6.24. The predicted octanol–water partition coefficient (Wildman–Crippen LogP) is 2.59. The highest BCUT2D eigenvalue weighted by molar-refractivity contribution is 7.32. The van der Waals surface area contributed by atoms with E-state index in [2.05, 4.69) is 35.5 Å². The molecule has 0 spiro atoms. The molecule has 1 saturated heterocycles. The summed E-state index contributed by atoms with van der Waals surface area (Å²) in [6.07, 6.45) is 2.63. The van der Waals surface area contributed by atoms with Gasteiger partial charge < -0.3 is 29.9 Å². The first-order chi connectivity index (χ1) is 18.7. The SMILES string of the molecule is CC1(C)Oc2ccc(Nc3nc(Nc4ccc(N5CCOCC5)nc4)ncc3F)nc2N(CO[PH](=O)O)C1=O. The van der Waals surface area contributed by atoms with E-state index >= 15 is 0 Å². The van der Waals surface area contributed by atoms with Crippen LogP contribution in [0.4, 0.5) is 39.3 Å². The maximum absolute atomic E-state index is 14.6. The van der Waals surface area contributed by atoms with Crippen molar-refractivity contribution < 1.29 is 32.6 Å². The highest BCUT2D eigenvalue weighted by Gasteiger charge is 2.42. The van der Waals surface area contributed by atoms with Crippen LogP contribution in [-0.4, -0.2) is 69.4 Å². The summed E-state index contributed by atoms with van der Waals surface area (Å²) >= 11 is 0. The van der Waals surface area contributed by atoms with Gasteiger partial charge in [0.1, 0.15) is 18.4 Å². The number of fused-ring (bicyclic) bond motifs is 1. The van der Waals surface area contributed by atoms with Crippen LogP contribution in [0.5, 0.6) is 5.75 Å². The van der Waals surface area contributed by atoms with E-state index in [0.29, 0.717) is 18.9 Å². The molecule has 2 aliphatic heterocycles. The van der Waals surface area contributed by atoms with Crippen molar-refractivity contribution in [2.75, 3.05) is 53.5 Å². The molecule has 16 heteroatoms. The van der Waals surface area contributed by atoms with Crippen LogP contribution in [0.15, 0.2) is 36.7 Å². The monoisotopic (exact) mass is 560 g/mol. The van der Waals surface area contributed by atoms with Crippen molar-refractivity contribution in [3.63, 3.8) is 0 Å². The van der Waals surface area contributed by atoms with Gasteiger partial charge in [-0.1, -0.05) is 0 Å². The lowest BCUT2D eigenvalue weighted by molar-refractivity contribution is -0.133. The molecule has 0 aliphatic carbocycles. The first kappa shape index (κ1) is 26.7. The minimum atomic E-state index is -3.31. The molecular weight excluding hydrogens is 534 g/mol. The molecule has 1 amide bonds. The Kier molecular flexibility index (Phi) is 7.57. The number of nitrogens with one attached hydrogen (secondary N) is 2. The Balaban J connectivity index is 1.34. The van der Waals surface area contributed by atoms with Gasteiger partial charge in [0.15, 0.2) is 28.8 Å². The summed E-state index contributed by atoms with van der Waals surface area (Å²) in [5, 5.41) is 5.76. The Morgan fingerprint density at radius 3 is 2.64 bits per heavy atom. The van der Waals surface area contributed by atoms with Crippen LogP contribution in [0, 0.1) is 5.82 Å². The van der Waals surface area contributed by atoms with Crippen LogP contribution in [0.2, 0.25) is 0 Å². The number of amides is 1. The van der Waals surface area contributed by atoms with Gasteiger partial charge in [-0.3, -0.25) is 18.8 Å². The van der Waals surface area contributed by atoms with Crippen molar-refractivity contribution in [3.05, 3.63) is 42.5 Å². The largest absolute Gasteiger partial charge is 0.474 e. The molecule has 0 saturated carbocycles. The van der Waals surface area contributed by atoms with Gasteiger partial charge in [-0.2, -0.15) is 4.98 Å². The van der Waals surface area contributed by atoms with E-state index < -0.39 is 32.3 Å². The fraction of sp³-hybridized carbons (Fsp3) is 0.348. The number of halogens is 1. The molecule has 206 valence electrons. The fourth-order valence-electron chi connectivity index (χ4n) is 3.96. The average molecular weight is 560 g/mol. The summed E-state index contributed by atoms with van der Waals surface area (Å²) in [6.45, 7) is 5.41. The molecule has 3 aromatic heterocycles. The quantitative estimate of drug-likeness (QED) is 0.345. The normalized spacial score (nSPS) is 17.3. The van der Waals surface area contributed by atoms with Gasteiger partial charge in [-0.05, 0) is 38.1 Å². The predicted molar refractivity (Wildman–Crippen MR) is 139 cm³/mol. The summed E-state index contributed by atoms with van der Waals surface area (Å²) in [5.74, 6) is -0.111. The van der Waals surface area contributed by atoms with Gasteiger partial charge in [0.2, 0.25) is 5.95 Å². The zero-order valence-corrected chi connectivity index (χ0v) is 22.0. The number of carbonyl (C=O) groups excluding carboxylic acids is 1. The number of hydrogen-bond donors (Lipinski definition) is 3. The molecule has 3 N–H and O–H groups in total. The number of rotatable bonds is 8. The molecule has 0 radical (unpaired) electrons. The highest BCUT2D eigenvalue weighted by atomic mass is 31.1. The van der Waals surface area contributed by atoms with Gasteiger partial charge in [0.05, 0.1) is 31.3 Å². The van der Waals surface area contributed by atoms with E-state index in [0.717, 1.165) is 30.0 Å². The van der Waals surface area contributed by atoms with Crippen LogP contribution in [0.3, 0.4) is 0 Å². The molecule has 1 fully saturated rings. The van der Waals surface area contributed by atoms with Crippen LogP contribution in [0.25, 0.3) is 0 Å². The topological polar surface area (TPSA) is 164 Å². The minimum Gasteiger partial charge on any atom is -0.474 e. The van der Waals surface area contributed by atoms with Crippen molar-refractivity contribution in [1.82, 2.24) is 19.9 Å². The van der Waals surface area contributed by atoms with Crippen molar-refractivity contribution in [2.45, 2.75) is 19.4 Å². The van der Waals surface area contributed by atoms with Gasteiger partial charge >= 0.3 is 8.25 Å². The summed E-state index contributed by atoms with van der Waals surface area (Å²) < 4.78 is 41.6. The van der Waals surface area contributed by atoms with Crippen LogP contribution in [0.1, 0.15) is 13.8 Å². The second kappa shape index (κ2) is 11.1. The molecule has 1 unspecified atom stereocenters. The summed E-state index contributed by atoms with van der Waals surface area (Å²) in [5.41, 5.74) is -0.652. The van der Waals surface area contributed by atoms with E-state index in [1.165, 1.54) is 12.1 Å². The molecule has 3 aromatic rings. The van der Waals surface area contributed by atoms with Crippen LogP contribution < -0.4 is 25.2 Å². The summed E-state index contributed by atoms with van der Waals surface area (Å²) in [4.78, 5) is 42.1. The van der Waals surface area contributed by atoms with Crippen LogP contribution in [-0.2, 0) is 18.6 Å². The number of carbonyl (C=O) groups is 1. The van der Waals surface area contributed by atoms with E-state index in [1.807, 2.05) is 12.1 Å². The number of pyridine rings is 2. The molecule has 2 aliphatic rings. The number of anilines is 6. The molecule has 0 bridgehead atoms. The lowest BCUT2D eigenvalue weighted by Crippen LogP contribution is -2.53. The van der Waals surface area contributed by atoms with Gasteiger partial charge in [-0.25, -0.2) is 19.3 Å². The fourth-order valence-corrected chi connectivity index (χ4v) is 4.20. The zero-order valence-electron chi connectivity index (χ0n) is 21.0. The maximum atomic E-state index is 14.6. The van der Waals surface area contributed by atoms with Crippen molar-refractivity contribution in [2.24, 2.45) is 0 Å². The standard InChI is InChI=1S/C23H26FN8O6P/c1-23(2)21(33)32(13-37-39(34)35)20-16(38-23)4-5-17(29-20)28-19-15(24)12-26-22(30-19)27-14-3-6-18(25-11-14)31-7-9-36-10-8-31/h3-6,11-12,39H,7-10,13H2,1-2H3,(H,34,35)(H2,26,27,28,29,30). The average Bonchev–Trinajstić information content (AvgIpc) is 2.92. The number of nitrogens with zero attached hydrogens (tertiary/aromatic N) is 6. The lowest BCUT2D eigenvalue weighted by atomic mass is 10.1. The first-order valence-electron chi connectivity index (χ1n) is 11.9. The summed E-state index contributed by atoms with van der Waals surface area (Å²) in [6, 6.07) is 6.73. The smallest absolute Gasteiger partial charge is 0.318 e. The number of hydrogen-bond acceptors (Lipinski definition) is 12. The van der Waals surface area contributed by atoms with E-state index in [-0.39, 0.29) is 29.2 Å². The zero-order chi connectivity index (χ0) is 27.6. The third-order valence-electron chi connectivity index (χ3n) is 5.87. The number of ether oxygens (including phenoxy) is 2. The van der Waals surface area contributed by atoms with E-state index in [1.54, 1.807) is 20.0 Å². The Bertz CT molecular complexity index is 1390. The maximum Gasteiger partial charge on any atom is 0.318 e. The molecule has 1 atom stereocenters. The van der Waals surface area contributed by atoms with Gasteiger partial charge in [0, 0.05) is 13.1 Å². The van der Waals surface area contributed by atoms with Crippen LogP contribution >= 0.6 is 8.25 Å². The Morgan fingerprint density at radius 1 is 1.13 bits per heavy atom. The lowest BCUT2D eigenvalue weighted by Gasteiger charge is -2.37. The minimum absolute atomic E-state index is 0.0341. The first-order valence-corrected chi connectivity index (χ1v) is 13.2. The number of aromatic nitrogens is 4. The van der Waals surface area contributed by atoms with Gasteiger partial charge in [0.25, 0.3) is 5.91 Å². The van der Waals surface area contributed by atoms with Crippen molar-refractivity contribution in [1.29, 1.82) is 0 Å². The molecule has 5 rings (SSSR count). The summed E-state index contributed by atoms with van der Waals surface area (Å²) in [7, 11) is -3.31. The third kappa shape index (κ3) is 6.06. The molecule has 14 nitrogen and oxygen atoms in total. The van der Waals surface area contributed by atoms with E-state index in [9.17, 15) is 13.8 Å². The van der Waals surface area contributed by atoms with E-state index in [4.69, 9.17) is 18.9 Å². The Hall–Kier alpha value is -3.91. The second-order valence-corrected chi connectivity index (χ2v) is 9.87. The Labute approximate surface area is 223 Å². The molecule has 0 aromatic carbocycles. The van der Waals surface area contributed by atoms with Crippen molar-refractivity contribution in [3.8, 4) is 5.75 Å². The van der Waals surface area contributed by atoms with Gasteiger partial charge in [-0.15, -0.1) is 0 Å². The molecule has 5 heterocycles. The number of morpholine rings is 1. The highest BCUT2D eigenvalue weighted by Crippen LogP contribution is 2.38. The molecular formula is C23H26FN8O6P. The van der Waals surface area contributed by atoms with Crippen molar-refractivity contribution >= 4 is 49.1 Å².